The number of aldehydes is 1. The average molecular weight is 768 g/mol. The summed E-state index contributed by atoms with van der Waals surface area (Å²) in [5.41, 5.74) is 3.23. The van der Waals surface area contributed by atoms with E-state index in [1.165, 1.54) is 5.57 Å². The standard InChI is InChI=1S/C37H58INO6Si/c1-23-16-28(14-15-40)42-29(17-23)18-30-19-31(45-46(9,10)37(6,7)8)20-34(43-30)32-22-41-35(39-32)13-11-12-33-26(4)25(3)27(5)36(44-33)24(2)21-38/h11,13,15,21-22,25-31,33-34,36H,1,12,14,16-20H2,2-10H3/b13-11+,24-21+/t25-,26+,27+,28-,29+,30+,31+,33+,34+,36-/m0/s1. The first kappa shape index (κ1) is 37.7. The predicted octanol–water partition coefficient (Wildman–Crippen LogP) is 9.79. The third-order valence-corrected chi connectivity index (χ3v) is 16.6. The van der Waals surface area contributed by atoms with Crippen LogP contribution in [0.1, 0.15) is 111 Å². The summed E-state index contributed by atoms with van der Waals surface area (Å²) >= 11 is 2.32. The molecule has 1 aromatic rings. The Morgan fingerprint density at radius 2 is 1.76 bits per heavy atom. The van der Waals surface area contributed by atoms with Gasteiger partial charge in [0.05, 0.1) is 36.6 Å². The smallest absolute Gasteiger partial charge is 0.218 e. The van der Waals surface area contributed by atoms with E-state index in [1.807, 2.05) is 6.08 Å². The number of carbonyl (C=O) groups excluding carboxylic acids is 1. The quantitative estimate of drug-likeness (QED) is 0.0961. The first-order valence-electron chi connectivity index (χ1n) is 17.2. The zero-order valence-corrected chi connectivity index (χ0v) is 32.7. The van der Waals surface area contributed by atoms with Gasteiger partial charge in [-0.25, -0.2) is 4.98 Å². The summed E-state index contributed by atoms with van der Waals surface area (Å²) in [5, 5.41) is 0.106. The van der Waals surface area contributed by atoms with Crippen molar-refractivity contribution >= 4 is 43.3 Å². The van der Waals surface area contributed by atoms with Crippen LogP contribution < -0.4 is 0 Å². The minimum atomic E-state index is -2.01. The first-order valence-corrected chi connectivity index (χ1v) is 21.4. The fourth-order valence-electron chi connectivity index (χ4n) is 6.99. The van der Waals surface area contributed by atoms with E-state index < -0.39 is 8.32 Å². The molecule has 4 rings (SSSR count). The molecule has 0 aromatic carbocycles. The highest BCUT2D eigenvalue weighted by molar-refractivity contribution is 14.1. The van der Waals surface area contributed by atoms with Gasteiger partial charge in [0.2, 0.25) is 5.89 Å². The molecule has 0 N–H and O–H groups in total. The van der Waals surface area contributed by atoms with Crippen molar-refractivity contribution in [2.75, 3.05) is 0 Å². The zero-order chi connectivity index (χ0) is 33.8. The van der Waals surface area contributed by atoms with Crippen molar-refractivity contribution in [1.82, 2.24) is 4.98 Å². The molecule has 0 bridgehead atoms. The topological polar surface area (TPSA) is 80.0 Å². The molecule has 4 heterocycles. The Balaban J connectivity index is 1.46. The molecule has 0 saturated carbocycles. The molecule has 3 aliphatic rings. The Labute approximate surface area is 292 Å². The number of oxazole rings is 1. The van der Waals surface area contributed by atoms with E-state index in [-0.39, 0.29) is 47.8 Å². The van der Waals surface area contributed by atoms with Crippen LogP contribution in [0.5, 0.6) is 0 Å². The number of aromatic nitrogens is 1. The van der Waals surface area contributed by atoms with Crippen LogP contribution in [0.15, 0.2) is 38.6 Å². The van der Waals surface area contributed by atoms with Gasteiger partial charge in [-0.3, -0.25) is 0 Å². The van der Waals surface area contributed by atoms with E-state index in [1.54, 1.807) is 6.26 Å². The van der Waals surface area contributed by atoms with Gasteiger partial charge in [0.25, 0.3) is 0 Å². The second kappa shape index (κ2) is 16.1. The van der Waals surface area contributed by atoms with E-state index in [9.17, 15) is 4.79 Å². The summed E-state index contributed by atoms with van der Waals surface area (Å²) in [6.07, 6.45) is 11.8. The van der Waals surface area contributed by atoms with Gasteiger partial charge in [0.1, 0.15) is 24.3 Å². The molecule has 7 nitrogen and oxygen atoms in total. The van der Waals surface area contributed by atoms with Crippen LogP contribution in [0.3, 0.4) is 0 Å². The third-order valence-electron chi connectivity index (χ3n) is 11.1. The molecule has 1 aromatic heterocycles. The van der Waals surface area contributed by atoms with Crippen LogP contribution >= 0.6 is 22.6 Å². The average Bonchev–Trinajstić information content (AvgIpc) is 3.45. The van der Waals surface area contributed by atoms with Crippen molar-refractivity contribution in [3.63, 3.8) is 0 Å². The van der Waals surface area contributed by atoms with E-state index >= 15 is 0 Å². The summed E-state index contributed by atoms with van der Waals surface area (Å²) in [5.74, 6) is 2.10. The number of ether oxygens (including phenoxy) is 3. The van der Waals surface area contributed by atoms with Crippen molar-refractivity contribution in [3.8, 4) is 0 Å². The lowest BCUT2D eigenvalue weighted by Crippen LogP contribution is -2.47. The summed E-state index contributed by atoms with van der Waals surface area (Å²) in [6, 6.07) is 0. The van der Waals surface area contributed by atoms with E-state index in [4.69, 9.17) is 28.0 Å². The highest BCUT2D eigenvalue weighted by Crippen LogP contribution is 2.43. The maximum Gasteiger partial charge on any atom is 0.218 e. The summed E-state index contributed by atoms with van der Waals surface area (Å²) in [4.78, 5) is 16.1. The molecule has 9 heteroatoms. The molecule has 0 amide bonds. The lowest BCUT2D eigenvalue weighted by atomic mass is 9.74. The highest BCUT2D eigenvalue weighted by Gasteiger charge is 2.43. The van der Waals surface area contributed by atoms with Gasteiger partial charge >= 0.3 is 0 Å². The number of nitrogens with zero attached hydrogens (tertiary/aromatic N) is 1. The summed E-state index contributed by atoms with van der Waals surface area (Å²) < 4.78 is 34.7. The van der Waals surface area contributed by atoms with Crippen LogP contribution in [-0.4, -0.2) is 56.2 Å². The normalized spacial score (nSPS) is 35.1. The largest absolute Gasteiger partial charge is 0.445 e. The van der Waals surface area contributed by atoms with Crippen molar-refractivity contribution in [2.24, 2.45) is 17.8 Å². The molecule has 258 valence electrons. The Hall–Kier alpha value is -1.11. The van der Waals surface area contributed by atoms with Gasteiger partial charge in [-0.1, -0.05) is 82.4 Å². The number of hydrogen-bond acceptors (Lipinski definition) is 7. The third kappa shape index (κ3) is 9.52. The second-order valence-electron chi connectivity index (χ2n) is 15.7. The Morgan fingerprint density at radius 3 is 2.43 bits per heavy atom. The maximum absolute atomic E-state index is 11.2. The van der Waals surface area contributed by atoms with Gasteiger partial charge in [-0.15, -0.1) is 0 Å². The number of hydrogen-bond donors (Lipinski definition) is 0. The molecule has 10 atom stereocenters. The molecule has 3 aliphatic heterocycles. The van der Waals surface area contributed by atoms with E-state index in [0.29, 0.717) is 30.1 Å². The van der Waals surface area contributed by atoms with Crippen molar-refractivity contribution < 1.29 is 27.8 Å². The second-order valence-corrected chi connectivity index (χ2v) is 21.0. The van der Waals surface area contributed by atoms with Crippen molar-refractivity contribution in [3.05, 3.63) is 45.7 Å². The SMILES string of the molecule is C=C1C[C@H](C[C@@H]2C[C@@H](O[Si](C)(C)C(C)(C)C)C[C@H](c3coc(/C=C/C[C@H]4O[C@@H](/C(C)=C/I)[C@H](C)[C@@H](C)[C@H]4C)n3)O2)O[C@@H](CC=O)C1. The molecule has 3 fully saturated rings. The van der Waals surface area contributed by atoms with Crippen molar-refractivity contribution in [2.45, 2.75) is 154 Å². The van der Waals surface area contributed by atoms with Gasteiger partial charge in [0.15, 0.2) is 8.32 Å². The van der Waals surface area contributed by atoms with Gasteiger partial charge in [0, 0.05) is 19.3 Å². The minimum absolute atomic E-state index is 0.0230. The number of halogens is 1. The lowest BCUT2D eigenvalue weighted by molar-refractivity contribution is -0.128. The molecular weight excluding hydrogens is 709 g/mol. The van der Waals surface area contributed by atoms with Gasteiger partial charge in [-0.2, -0.15) is 0 Å². The van der Waals surface area contributed by atoms with Gasteiger partial charge < -0.3 is 27.8 Å². The highest BCUT2D eigenvalue weighted by atomic mass is 127. The molecule has 46 heavy (non-hydrogen) atoms. The Bertz CT molecular complexity index is 1240. The van der Waals surface area contributed by atoms with Crippen LogP contribution in [0.4, 0.5) is 0 Å². The number of carbonyl (C=O) groups is 1. The molecule has 0 unspecified atom stereocenters. The fourth-order valence-corrected chi connectivity index (χ4v) is 8.72. The Kier molecular flexibility index (Phi) is 13.2. The van der Waals surface area contributed by atoms with Crippen molar-refractivity contribution in [1.29, 1.82) is 0 Å². The van der Waals surface area contributed by atoms with Gasteiger partial charge in [-0.05, 0) is 84.2 Å². The van der Waals surface area contributed by atoms with Crippen LogP contribution in [0, 0.1) is 17.8 Å². The fraction of sp³-hybridized carbons (Fsp3) is 0.730. The van der Waals surface area contributed by atoms with Crippen LogP contribution in [0.25, 0.3) is 6.08 Å². The van der Waals surface area contributed by atoms with Crippen LogP contribution in [0.2, 0.25) is 18.1 Å². The maximum atomic E-state index is 11.2. The first-order chi connectivity index (χ1) is 21.6. The van der Waals surface area contributed by atoms with E-state index in [0.717, 1.165) is 56.1 Å². The van der Waals surface area contributed by atoms with E-state index in [2.05, 4.69) is 101 Å². The monoisotopic (exact) mass is 767 g/mol. The molecular formula is C37H58INO6Si. The molecule has 0 spiro atoms. The molecule has 0 radical (unpaired) electrons. The Morgan fingerprint density at radius 1 is 1.04 bits per heavy atom. The predicted molar refractivity (Wildman–Crippen MR) is 195 cm³/mol. The molecule has 0 aliphatic carbocycles. The molecule has 3 saturated heterocycles. The summed E-state index contributed by atoms with van der Waals surface area (Å²) in [7, 11) is -2.01. The lowest BCUT2D eigenvalue weighted by Gasteiger charge is -2.44. The summed E-state index contributed by atoms with van der Waals surface area (Å²) in [6.45, 7) is 24.8. The number of rotatable bonds is 11. The minimum Gasteiger partial charge on any atom is -0.445 e. The van der Waals surface area contributed by atoms with Crippen LogP contribution in [-0.2, 0) is 23.4 Å². The zero-order valence-electron chi connectivity index (χ0n) is 29.6.